The van der Waals surface area contributed by atoms with Crippen LogP contribution in [-0.2, 0) is 28.6 Å². The van der Waals surface area contributed by atoms with Gasteiger partial charge in [-0.15, -0.1) is 0 Å². The molecule has 0 aliphatic carbocycles. The number of esters is 2. The first-order valence-corrected chi connectivity index (χ1v) is 7.22. The molecule has 1 heterocycles. The van der Waals surface area contributed by atoms with Crippen molar-refractivity contribution in [3.63, 3.8) is 0 Å². The van der Waals surface area contributed by atoms with Crippen LogP contribution >= 0.6 is 0 Å². The third-order valence-electron chi connectivity index (χ3n) is 3.14. The molecule has 0 aromatic carbocycles. The van der Waals surface area contributed by atoms with E-state index in [-0.39, 0.29) is 31.3 Å². The van der Waals surface area contributed by atoms with Crippen LogP contribution in [0.25, 0.3) is 0 Å². The van der Waals surface area contributed by atoms with Gasteiger partial charge < -0.3 is 19.3 Å². The maximum atomic E-state index is 12.0. The van der Waals surface area contributed by atoms with Gasteiger partial charge in [0.1, 0.15) is 12.7 Å². The average Bonchev–Trinajstić information content (AvgIpc) is 3.26. The van der Waals surface area contributed by atoms with Gasteiger partial charge in [-0.1, -0.05) is 6.58 Å². The second-order valence-corrected chi connectivity index (χ2v) is 5.27. The van der Waals surface area contributed by atoms with Crippen LogP contribution in [0.2, 0.25) is 0 Å². The number of carboxylic acid groups (broad SMARTS) is 1. The summed E-state index contributed by atoms with van der Waals surface area (Å²) in [6.07, 6.45) is 0.999. The predicted molar refractivity (Wildman–Crippen MR) is 76.1 cm³/mol. The largest absolute Gasteiger partial charge is 0.481 e. The highest BCUT2D eigenvalue weighted by molar-refractivity contribution is 5.86. The molecule has 2 unspecified atom stereocenters. The second kappa shape index (κ2) is 9.19. The van der Waals surface area contributed by atoms with Gasteiger partial charge in [0.15, 0.2) is 0 Å². The highest BCUT2D eigenvalue weighted by Gasteiger charge is 2.27. The Labute approximate surface area is 129 Å². The van der Waals surface area contributed by atoms with E-state index < -0.39 is 23.8 Å². The summed E-state index contributed by atoms with van der Waals surface area (Å²) in [5.41, 5.74) is 0.288. The quantitative estimate of drug-likeness (QED) is 0.348. The van der Waals surface area contributed by atoms with E-state index in [1.165, 1.54) is 6.92 Å². The number of carbonyl (C=O) groups excluding carboxylic acids is 2. The highest BCUT2D eigenvalue weighted by Crippen LogP contribution is 2.17. The maximum absolute atomic E-state index is 12.0. The van der Waals surface area contributed by atoms with E-state index in [4.69, 9.17) is 19.3 Å². The zero-order valence-corrected chi connectivity index (χ0v) is 12.7. The number of ether oxygens (including phenoxy) is 3. The summed E-state index contributed by atoms with van der Waals surface area (Å²) < 4.78 is 15.0. The molecule has 0 radical (unpaired) electrons. The van der Waals surface area contributed by atoms with Crippen LogP contribution in [-0.4, -0.2) is 48.9 Å². The predicted octanol–water partition coefficient (Wildman–Crippen LogP) is 1.31. The molecular formula is C15H22O7. The van der Waals surface area contributed by atoms with E-state index in [9.17, 15) is 14.4 Å². The fraction of sp³-hybridized carbons (Fsp3) is 0.667. The van der Waals surface area contributed by atoms with Gasteiger partial charge in [0.25, 0.3) is 0 Å². The van der Waals surface area contributed by atoms with E-state index in [1.807, 2.05) is 0 Å². The average molecular weight is 314 g/mol. The van der Waals surface area contributed by atoms with Crippen LogP contribution in [0, 0.1) is 5.92 Å². The van der Waals surface area contributed by atoms with Gasteiger partial charge in [-0.05, 0) is 26.2 Å². The molecule has 0 amide bonds. The second-order valence-electron chi connectivity index (χ2n) is 5.27. The Bertz CT molecular complexity index is 426. The molecule has 0 saturated carbocycles. The Balaban J connectivity index is 2.37. The first-order valence-electron chi connectivity index (χ1n) is 7.22. The molecule has 1 saturated heterocycles. The van der Waals surface area contributed by atoms with Crippen molar-refractivity contribution in [3.8, 4) is 0 Å². The van der Waals surface area contributed by atoms with Crippen molar-refractivity contribution in [1.29, 1.82) is 0 Å². The summed E-state index contributed by atoms with van der Waals surface area (Å²) in [5, 5.41) is 8.65. The summed E-state index contributed by atoms with van der Waals surface area (Å²) in [4.78, 5) is 33.8. The van der Waals surface area contributed by atoms with E-state index in [0.29, 0.717) is 25.9 Å². The Hall–Kier alpha value is -1.89. The van der Waals surface area contributed by atoms with Gasteiger partial charge in [-0.2, -0.15) is 0 Å². The van der Waals surface area contributed by atoms with Crippen molar-refractivity contribution in [2.75, 3.05) is 19.8 Å². The molecule has 0 bridgehead atoms. The van der Waals surface area contributed by atoms with Gasteiger partial charge in [0, 0.05) is 12.0 Å². The first-order chi connectivity index (χ1) is 10.4. The molecule has 124 valence electrons. The minimum absolute atomic E-state index is 0.0128. The summed E-state index contributed by atoms with van der Waals surface area (Å²) >= 11 is 0. The lowest BCUT2D eigenvalue weighted by molar-refractivity contribution is -0.151. The lowest BCUT2D eigenvalue weighted by Crippen LogP contribution is -2.22. The Morgan fingerprint density at radius 2 is 2.00 bits per heavy atom. The van der Waals surface area contributed by atoms with Crippen molar-refractivity contribution >= 4 is 17.9 Å². The van der Waals surface area contributed by atoms with Crippen LogP contribution in [0.4, 0.5) is 0 Å². The van der Waals surface area contributed by atoms with Crippen LogP contribution in [0.5, 0.6) is 0 Å². The van der Waals surface area contributed by atoms with Gasteiger partial charge in [-0.3, -0.25) is 9.59 Å². The van der Waals surface area contributed by atoms with Gasteiger partial charge in [0.2, 0.25) is 0 Å². The minimum atomic E-state index is -0.910. The lowest BCUT2D eigenvalue weighted by atomic mass is 9.99. The zero-order chi connectivity index (χ0) is 16.5. The number of hydrogen-bond donors (Lipinski definition) is 1. The Morgan fingerprint density at radius 3 is 2.55 bits per heavy atom. The number of carboxylic acids is 1. The summed E-state index contributed by atoms with van der Waals surface area (Å²) in [6.45, 7) is 5.87. The van der Waals surface area contributed by atoms with E-state index in [1.54, 1.807) is 0 Å². The highest BCUT2D eigenvalue weighted by atomic mass is 16.6. The summed E-state index contributed by atoms with van der Waals surface area (Å²) in [6, 6.07) is 0. The minimum Gasteiger partial charge on any atom is -0.481 e. The Morgan fingerprint density at radius 1 is 1.32 bits per heavy atom. The topological polar surface area (TPSA) is 102 Å². The fourth-order valence-electron chi connectivity index (χ4n) is 1.75. The maximum Gasteiger partial charge on any atom is 0.333 e. The van der Waals surface area contributed by atoms with Crippen molar-refractivity contribution < 1.29 is 33.7 Å². The van der Waals surface area contributed by atoms with Crippen LogP contribution in [0.3, 0.4) is 0 Å². The molecule has 1 N–H and O–H groups in total. The van der Waals surface area contributed by atoms with Crippen LogP contribution < -0.4 is 0 Å². The molecule has 0 spiro atoms. The van der Waals surface area contributed by atoms with Crippen molar-refractivity contribution in [2.24, 2.45) is 5.92 Å². The zero-order valence-electron chi connectivity index (χ0n) is 12.7. The summed E-state index contributed by atoms with van der Waals surface area (Å²) in [7, 11) is 0. The smallest absolute Gasteiger partial charge is 0.333 e. The third-order valence-corrected chi connectivity index (χ3v) is 3.14. The molecule has 1 rings (SSSR count). The lowest BCUT2D eigenvalue weighted by Gasteiger charge is -2.15. The standard InChI is InChI=1S/C15H22O7/c1-10(2)14(18)20-7-6-11(4-3-5-13(16)17)15(19)22-9-12-8-21-12/h11-12H,1,3-9H2,2H3,(H,16,17). The molecule has 1 fully saturated rings. The van der Waals surface area contributed by atoms with Gasteiger partial charge in [-0.25, -0.2) is 4.79 Å². The normalized spacial score (nSPS) is 17.4. The number of epoxide rings is 1. The van der Waals surface area contributed by atoms with E-state index >= 15 is 0 Å². The van der Waals surface area contributed by atoms with E-state index in [0.717, 1.165) is 0 Å². The molecule has 22 heavy (non-hydrogen) atoms. The SMILES string of the molecule is C=C(C)C(=O)OCCC(CCCC(=O)O)C(=O)OCC1CO1. The molecular weight excluding hydrogens is 292 g/mol. The molecule has 0 aromatic rings. The van der Waals surface area contributed by atoms with Crippen molar-refractivity contribution in [2.45, 2.75) is 38.7 Å². The molecule has 1 aliphatic heterocycles. The Kier molecular flexibility index (Phi) is 7.59. The summed E-state index contributed by atoms with van der Waals surface area (Å²) in [5.74, 6) is -2.32. The molecule has 2 atom stereocenters. The fourth-order valence-corrected chi connectivity index (χ4v) is 1.75. The molecule has 0 aromatic heterocycles. The number of aliphatic carboxylic acids is 1. The van der Waals surface area contributed by atoms with Crippen LogP contribution in [0.15, 0.2) is 12.2 Å². The van der Waals surface area contributed by atoms with Gasteiger partial charge >= 0.3 is 17.9 Å². The van der Waals surface area contributed by atoms with Crippen molar-refractivity contribution in [3.05, 3.63) is 12.2 Å². The third kappa shape index (κ3) is 7.78. The van der Waals surface area contributed by atoms with E-state index in [2.05, 4.69) is 6.58 Å². The molecule has 7 nitrogen and oxygen atoms in total. The number of carbonyl (C=O) groups is 3. The van der Waals surface area contributed by atoms with Crippen molar-refractivity contribution in [1.82, 2.24) is 0 Å². The molecule has 1 aliphatic rings. The first kappa shape index (κ1) is 18.2. The molecule has 7 heteroatoms. The van der Waals surface area contributed by atoms with Crippen LogP contribution in [0.1, 0.15) is 32.6 Å². The number of hydrogen-bond acceptors (Lipinski definition) is 6. The van der Waals surface area contributed by atoms with Gasteiger partial charge in [0.05, 0.1) is 19.1 Å². The number of rotatable bonds is 11. The monoisotopic (exact) mass is 314 g/mol.